The van der Waals surface area contributed by atoms with Crippen LogP contribution in [0.3, 0.4) is 0 Å². The van der Waals surface area contributed by atoms with Crippen molar-refractivity contribution in [1.82, 2.24) is 5.32 Å². The first-order valence-electron chi connectivity index (χ1n) is 6.38. The van der Waals surface area contributed by atoms with E-state index in [1.165, 1.54) is 18.2 Å². The number of nitrogens with one attached hydrogen (secondary N) is 1. The molecule has 2 aromatic rings. The first-order chi connectivity index (χ1) is 9.59. The number of benzene rings is 2. The Morgan fingerprint density at radius 3 is 2.35 bits per heavy atom. The molecule has 20 heavy (non-hydrogen) atoms. The highest BCUT2D eigenvalue weighted by Crippen LogP contribution is 2.16. The molecule has 0 fully saturated rings. The Morgan fingerprint density at radius 1 is 1.10 bits per heavy atom. The molecule has 2 aromatic carbocycles. The Hall–Kier alpha value is -2.20. The molecule has 0 unspecified atom stereocenters. The zero-order chi connectivity index (χ0) is 14.5. The molecule has 0 aromatic heterocycles. The number of amides is 1. The third kappa shape index (κ3) is 3.22. The minimum absolute atomic E-state index is 0.0281. The fraction of sp³-hybridized carbons (Fsp3) is 0.188. The number of halogens is 1. The van der Waals surface area contributed by atoms with Crippen molar-refractivity contribution in [3.05, 3.63) is 71.5 Å². The normalized spacial score (nSPS) is 13.6. The molecule has 0 aliphatic carbocycles. The van der Waals surface area contributed by atoms with Gasteiger partial charge in [-0.3, -0.25) is 4.79 Å². The van der Waals surface area contributed by atoms with Gasteiger partial charge in [-0.1, -0.05) is 42.5 Å². The van der Waals surface area contributed by atoms with Gasteiger partial charge in [0.1, 0.15) is 5.82 Å². The minimum atomic E-state index is -0.841. The van der Waals surface area contributed by atoms with E-state index in [-0.39, 0.29) is 5.56 Å². The second kappa shape index (κ2) is 6.30. The molecule has 4 heteroatoms. The molecule has 0 spiro atoms. The van der Waals surface area contributed by atoms with Gasteiger partial charge in [-0.25, -0.2) is 4.39 Å². The first kappa shape index (κ1) is 14.2. The molecule has 2 rings (SSSR count). The zero-order valence-corrected chi connectivity index (χ0v) is 11.1. The third-order valence-corrected chi connectivity index (χ3v) is 3.09. The van der Waals surface area contributed by atoms with Crippen molar-refractivity contribution in [2.24, 2.45) is 0 Å². The Bertz CT molecular complexity index is 586. The monoisotopic (exact) mass is 273 g/mol. The zero-order valence-electron chi connectivity index (χ0n) is 11.1. The Morgan fingerprint density at radius 2 is 1.70 bits per heavy atom. The van der Waals surface area contributed by atoms with E-state index in [4.69, 9.17) is 0 Å². The number of carbonyl (C=O) groups is 1. The van der Waals surface area contributed by atoms with Gasteiger partial charge in [0.2, 0.25) is 0 Å². The Balaban J connectivity index is 2.07. The molecule has 0 heterocycles. The second-order valence-corrected chi connectivity index (χ2v) is 4.60. The summed E-state index contributed by atoms with van der Waals surface area (Å²) in [6, 6.07) is 14.2. The fourth-order valence-electron chi connectivity index (χ4n) is 1.95. The summed E-state index contributed by atoms with van der Waals surface area (Å²) < 4.78 is 13.5. The van der Waals surface area contributed by atoms with Crippen LogP contribution in [0, 0.1) is 5.82 Å². The lowest BCUT2D eigenvalue weighted by atomic mass is 10.0. The van der Waals surface area contributed by atoms with Crippen LogP contribution in [-0.2, 0) is 0 Å². The van der Waals surface area contributed by atoms with Crippen molar-refractivity contribution in [3.63, 3.8) is 0 Å². The smallest absolute Gasteiger partial charge is 0.254 e. The summed E-state index contributed by atoms with van der Waals surface area (Å²) in [6.07, 6.45) is -0.841. The number of hydrogen-bond acceptors (Lipinski definition) is 2. The second-order valence-electron chi connectivity index (χ2n) is 4.60. The van der Waals surface area contributed by atoms with Crippen LogP contribution in [0.4, 0.5) is 4.39 Å². The van der Waals surface area contributed by atoms with Gasteiger partial charge in [0, 0.05) is 0 Å². The summed E-state index contributed by atoms with van der Waals surface area (Å²) in [7, 11) is 0. The first-order valence-corrected chi connectivity index (χ1v) is 6.38. The Labute approximate surface area is 117 Å². The van der Waals surface area contributed by atoms with Crippen LogP contribution in [0.15, 0.2) is 54.6 Å². The van der Waals surface area contributed by atoms with Crippen molar-refractivity contribution < 1.29 is 14.3 Å². The van der Waals surface area contributed by atoms with Crippen LogP contribution < -0.4 is 5.32 Å². The van der Waals surface area contributed by atoms with Crippen LogP contribution in [0.1, 0.15) is 28.9 Å². The van der Waals surface area contributed by atoms with Crippen LogP contribution in [0.5, 0.6) is 0 Å². The van der Waals surface area contributed by atoms with E-state index in [9.17, 15) is 14.3 Å². The van der Waals surface area contributed by atoms with E-state index in [2.05, 4.69) is 5.32 Å². The van der Waals surface area contributed by atoms with Gasteiger partial charge in [0.25, 0.3) is 5.91 Å². The summed E-state index contributed by atoms with van der Waals surface area (Å²) in [5, 5.41) is 12.8. The SMILES string of the molecule is C[C@H](NC(=O)c1ccccc1F)[C@@H](O)c1ccccc1. The highest BCUT2D eigenvalue weighted by atomic mass is 19.1. The lowest BCUT2D eigenvalue weighted by Crippen LogP contribution is -2.37. The van der Waals surface area contributed by atoms with Crippen molar-refractivity contribution in [1.29, 1.82) is 0 Å². The van der Waals surface area contributed by atoms with Gasteiger partial charge in [-0.2, -0.15) is 0 Å². The standard InChI is InChI=1S/C16H16FNO2/c1-11(15(19)12-7-3-2-4-8-12)18-16(20)13-9-5-6-10-14(13)17/h2-11,15,19H,1H3,(H,18,20)/t11-,15+/m0/s1. The summed E-state index contributed by atoms with van der Waals surface area (Å²) in [5.41, 5.74) is 0.674. The lowest BCUT2D eigenvalue weighted by Gasteiger charge is -2.20. The van der Waals surface area contributed by atoms with E-state index < -0.39 is 23.9 Å². The van der Waals surface area contributed by atoms with Crippen LogP contribution in [0.25, 0.3) is 0 Å². The van der Waals surface area contributed by atoms with E-state index in [1.54, 1.807) is 25.1 Å². The molecule has 1 amide bonds. The number of carbonyl (C=O) groups excluding carboxylic acids is 1. The van der Waals surface area contributed by atoms with Gasteiger partial charge in [-0.05, 0) is 24.6 Å². The van der Waals surface area contributed by atoms with Crippen LogP contribution in [-0.4, -0.2) is 17.1 Å². The van der Waals surface area contributed by atoms with Gasteiger partial charge in [-0.15, -0.1) is 0 Å². The quantitative estimate of drug-likeness (QED) is 0.899. The topological polar surface area (TPSA) is 49.3 Å². The maximum absolute atomic E-state index is 13.5. The summed E-state index contributed by atoms with van der Waals surface area (Å²) in [6.45, 7) is 1.68. The van der Waals surface area contributed by atoms with Gasteiger partial charge >= 0.3 is 0 Å². The van der Waals surface area contributed by atoms with Crippen LogP contribution in [0.2, 0.25) is 0 Å². The highest BCUT2D eigenvalue weighted by Gasteiger charge is 2.20. The van der Waals surface area contributed by atoms with E-state index in [1.807, 2.05) is 18.2 Å². The number of hydrogen-bond donors (Lipinski definition) is 2. The highest BCUT2D eigenvalue weighted by molar-refractivity contribution is 5.94. The molecule has 0 aliphatic heterocycles. The fourth-order valence-corrected chi connectivity index (χ4v) is 1.95. The maximum Gasteiger partial charge on any atom is 0.254 e. The molecular weight excluding hydrogens is 257 g/mol. The summed E-state index contributed by atoms with van der Waals surface area (Å²) in [5.74, 6) is -1.11. The molecule has 104 valence electrons. The van der Waals surface area contributed by atoms with Crippen LogP contribution >= 0.6 is 0 Å². The largest absolute Gasteiger partial charge is 0.386 e. The number of aliphatic hydroxyl groups is 1. The maximum atomic E-state index is 13.5. The molecule has 0 aliphatic rings. The van der Waals surface area contributed by atoms with Crippen molar-refractivity contribution in [3.8, 4) is 0 Å². The molecule has 0 bridgehead atoms. The molecule has 0 saturated heterocycles. The predicted molar refractivity (Wildman–Crippen MR) is 74.7 cm³/mol. The molecular formula is C16H16FNO2. The van der Waals surface area contributed by atoms with Crippen molar-refractivity contribution >= 4 is 5.91 Å². The molecule has 2 N–H and O–H groups in total. The molecule has 2 atom stereocenters. The lowest BCUT2D eigenvalue weighted by molar-refractivity contribution is 0.0848. The third-order valence-electron chi connectivity index (χ3n) is 3.09. The minimum Gasteiger partial charge on any atom is -0.386 e. The Kier molecular flexibility index (Phi) is 4.48. The number of aliphatic hydroxyl groups excluding tert-OH is 1. The summed E-state index contributed by atoms with van der Waals surface area (Å²) >= 11 is 0. The average molecular weight is 273 g/mol. The van der Waals surface area contributed by atoms with Gasteiger partial charge in [0.05, 0.1) is 17.7 Å². The van der Waals surface area contributed by atoms with E-state index in [0.29, 0.717) is 5.56 Å². The molecule has 3 nitrogen and oxygen atoms in total. The molecule has 0 radical (unpaired) electrons. The van der Waals surface area contributed by atoms with Gasteiger partial charge < -0.3 is 10.4 Å². The van der Waals surface area contributed by atoms with Gasteiger partial charge in [0.15, 0.2) is 0 Å². The predicted octanol–water partition coefficient (Wildman–Crippen LogP) is 2.68. The van der Waals surface area contributed by atoms with E-state index >= 15 is 0 Å². The van der Waals surface area contributed by atoms with Crippen molar-refractivity contribution in [2.45, 2.75) is 19.1 Å². The average Bonchev–Trinajstić information content (AvgIpc) is 2.47. The molecule has 0 saturated carbocycles. The summed E-state index contributed by atoms with van der Waals surface area (Å²) in [4.78, 5) is 11.9. The van der Waals surface area contributed by atoms with E-state index in [0.717, 1.165) is 0 Å². The van der Waals surface area contributed by atoms with Crippen molar-refractivity contribution in [2.75, 3.05) is 0 Å². The number of rotatable bonds is 4.